The fourth-order valence-electron chi connectivity index (χ4n) is 2.89. The number of nitrogens with one attached hydrogen (secondary N) is 1. The summed E-state index contributed by atoms with van der Waals surface area (Å²) in [5, 5.41) is 2.98. The zero-order chi connectivity index (χ0) is 17.6. The van der Waals surface area contributed by atoms with E-state index < -0.39 is 6.04 Å². The van der Waals surface area contributed by atoms with Crippen molar-refractivity contribution in [3.63, 3.8) is 0 Å². The van der Waals surface area contributed by atoms with Gasteiger partial charge in [-0.15, -0.1) is 11.8 Å². The molecule has 6 heteroatoms. The molecule has 1 aliphatic heterocycles. The summed E-state index contributed by atoms with van der Waals surface area (Å²) in [6.07, 6.45) is 4.22. The molecule has 2 amide bonds. The van der Waals surface area contributed by atoms with E-state index in [9.17, 15) is 9.59 Å². The monoisotopic (exact) mass is 355 g/mol. The van der Waals surface area contributed by atoms with Gasteiger partial charge in [0.2, 0.25) is 5.91 Å². The number of carbonyl (C=O) groups is 2. The van der Waals surface area contributed by atoms with Gasteiger partial charge in [-0.2, -0.15) is 0 Å². The van der Waals surface area contributed by atoms with Gasteiger partial charge in [0.25, 0.3) is 5.91 Å². The molecule has 1 N–H and O–H groups in total. The molecule has 2 atom stereocenters. The number of nitrogens with zero attached hydrogens (tertiary/aromatic N) is 2. The van der Waals surface area contributed by atoms with Crippen molar-refractivity contribution in [3.05, 3.63) is 66.0 Å². The lowest BCUT2D eigenvalue weighted by atomic mass is 10.1. The second-order valence-corrected chi connectivity index (χ2v) is 7.07. The van der Waals surface area contributed by atoms with Gasteiger partial charge in [0.1, 0.15) is 6.04 Å². The minimum Gasteiger partial charge on any atom is -0.350 e. The molecular weight excluding hydrogens is 334 g/mol. The highest BCUT2D eigenvalue weighted by Crippen LogP contribution is 2.32. The first-order valence-corrected chi connectivity index (χ1v) is 9.41. The first kappa shape index (κ1) is 17.5. The highest BCUT2D eigenvalue weighted by atomic mass is 32.2. The van der Waals surface area contributed by atoms with Crippen LogP contribution in [0.25, 0.3) is 0 Å². The maximum absolute atomic E-state index is 12.9. The average Bonchev–Trinajstić information content (AvgIpc) is 3.11. The Balaban J connectivity index is 1.72. The first-order valence-electron chi connectivity index (χ1n) is 8.36. The molecule has 3 rings (SSSR count). The molecule has 2 unspecified atom stereocenters. The summed E-state index contributed by atoms with van der Waals surface area (Å²) in [6.45, 7) is 2.48. The Labute approximate surface area is 151 Å². The number of aromatic nitrogens is 1. The van der Waals surface area contributed by atoms with Crippen molar-refractivity contribution in [1.29, 1.82) is 0 Å². The maximum atomic E-state index is 12.9. The van der Waals surface area contributed by atoms with Crippen LogP contribution < -0.4 is 5.32 Å². The minimum atomic E-state index is -0.440. The average molecular weight is 355 g/mol. The van der Waals surface area contributed by atoms with Crippen molar-refractivity contribution >= 4 is 23.6 Å². The number of carbonyl (C=O) groups excluding carboxylic acids is 2. The summed E-state index contributed by atoms with van der Waals surface area (Å²) < 4.78 is 0. The van der Waals surface area contributed by atoms with Crippen LogP contribution >= 0.6 is 11.8 Å². The molecule has 0 spiro atoms. The summed E-state index contributed by atoms with van der Waals surface area (Å²) >= 11 is 1.67. The van der Waals surface area contributed by atoms with Crippen molar-refractivity contribution < 1.29 is 9.59 Å². The summed E-state index contributed by atoms with van der Waals surface area (Å²) in [7, 11) is 0. The van der Waals surface area contributed by atoms with E-state index in [1.807, 2.05) is 37.3 Å². The molecule has 25 heavy (non-hydrogen) atoms. The molecule has 1 aromatic heterocycles. The Morgan fingerprint density at radius 1 is 1.20 bits per heavy atom. The van der Waals surface area contributed by atoms with E-state index >= 15 is 0 Å². The highest BCUT2D eigenvalue weighted by molar-refractivity contribution is 8.00. The summed E-state index contributed by atoms with van der Waals surface area (Å²) in [6, 6.07) is 12.5. The SMILES string of the molecule is CCC1SCC(C(=O)NCc2ccncc2)N1C(=O)c1ccccc1. The molecule has 0 radical (unpaired) electrons. The predicted molar refractivity (Wildman–Crippen MR) is 99.0 cm³/mol. The molecule has 130 valence electrons. The quantitative estimate of drug-likeness (QED) is 0.896. The van der Waals surface area contributed by atoms with Gasteiger partial charge in [-0.25, -0.2) is 0 Å². The molecule has 5 nitrogen and oxygen atoms in total. The third-order valence-electron chi connectivity index (χ3n) is 4.22. The lowest BCUT2D eigenvalue weighted by molar-refractivity contribution is -0.125. The van der Waals surface area contributed by atoms with Gasteiger partial charge in [-0.3, -0.25) is 14.6 Å². The van der Waals surface area contributed by atoms with Crippen molar-refractivity contribution in [2.24, 2.45) is 0 Å². The Morgan fingerprint density at radius 2 is 1.92 bits per heavy atom. The Morgan fingerprint density at radius 3 is 2.60 bits per heavy atom. The van der Waals surface area contributed by atoms with Crippen LogP contribution in [0.5, 0.6) is 0 Å². The van der Waals surface area contributed by atoms with Gasteiger partial charge in [0.15, 0.2) is 0 Å². The third-order valence-corrected chi connectivity index (χ3v) is 5.67. The maximum Gasteiger partial charge on any atom is 0.255 e. The van der Waals surface area contributed by atoms with Crippen LogP contribution in [-0.4, -0.2) is 38.9 Å². The predicted octanol–water partition coefficient (Wildman–Crippen LogP) is 2.69. The van der Waals surface area contributed by atoms with E-state index in [2.05, 4.69) is 10.3 Å². The molecule has 2 heterocycles. The third kappa shape index (κ3) is 4.02. The van der Waals surface area contributed by atoms with Crippen LogP contribution in [0.15, 0.2) is 54.9 Å². The minimum absolute atomic E-state index is 0.0318. The molecule has 1 fully saturated rings. The molecule has 1 aliphatic rings. The van der Waals surface area contributed by atoms with Crippen LogP contribution in [0.2, 0.25) is 0 Å². The zero-order valence-corrected chi connectivity index (χ0v) is 14.9. The van der Waals surface area contributed by atoms with E-state index in [4.69, 9.17) is 0 Å². The van der Waals surface area contributed by atoms with Gasteiger partial charge in [0, 0.05) is 30.3 Å². The van der Waals surface area contributed by atoms with E-state index in [1.54, 1.807) is 41.2 Å². The fraction of sp³-hybridized carbons (Fsp3) is 0.316. The standard InChI is InChI=1S/C19H21N3O2S/c1-2-17-22(19(24)15-6-4-3-5-7-15)16(13-25-17)18(23)21-12-14-8-10-20-11-9-14/h3-11,16-17H,2,12-13H2,1H3,(H,21,23). The Kier molecular flexibility index (Phi) is 5.71. The highest BCUT2D eigenvalue weighted by Gasteiger charge is 2.40. The second-order valence-electron chi connectivity index (χ2n) is 5.86. The molecule has 2 aromatic rings. The topological polar surface area (TPSA) is 62.3 Å². The smallest absolute Gasteiger partial charge is 0.255 e. The van der Waals surface area contributed by atoms with Crippen LogP contribution in [0.4, 0.5) is 0 Å². The number of hydrogen-bond donors (Lipinski definition) is 1. The van der Waals surface area contributed by atoms with Gasteiger partial charge >= 0.3 is 0 Å². The summed E-state index contributed by atoms with van der Waals surface area (Å²) in [5.74, 6) is 0.435. The number of thioether (sulfide) groups is 1. The number of amides is 2. The normalized spacial score (nSPS) is 19.6. The number of rotatable bonds is 5. The van der Waals surface area contributed by atoms with Crippen molar-refractivity contribution in [2.45, 2.75) is 31.3 Å². The van der Waals surface area contributed by atoms with Crippen molar-refractivity contribution in [3.8, 4) is 0 Å². The summed E-state index contributed by atoms with van der Waals surface area (Å²) in [4.78, 5) is 31.3. The largest absolute Gasteiger partial charge is 0.350 e. The lowest BCUT2D eigenvalue weighted by Crippen LogP contribution is -2.49. The summed E-state index contributed by atoms with van der Waals surface area (Å²) in [5.41, 5.74) is 1.61. The molecule has 0 saturated carbocycles. The number of pyridine rings is 1. The zero-order valence-electron chi connectivity index (χ0n) is 14.1. The number of benzene rings is 1. The first-order chi connectivity index (χ1) is 12.2. The van der Waals surface area contributed by atoms with Gasteiger partial charge in [-0.1, -0.05) is 25.1 Å². The lowest BCUT2D eigenvalue weighted by Gasteiger charge is -2.28. The van der Waals surface area contributed by atoms with E-state index in [0.717, 1.165) is 12.0 Å². The second kappa shape index (κ2) is 8.16. The van der Waals surface area contributed by atoms with Crippen molar-refractivity contribution in [2.75, 3.05) is 5.75 Å². The molecule has 1 aromatic carbocycles. The molecular formula is C19H21N3O2S. The van der Waals surface area contributed by atoms with Crippen LogP contribution in [-0.2, 0) is 11.3 Å². The van der Waals surface area contributed by atoms with E-state index in [0.29, 0.717) is 17.9 Å². The molecule has 0 aliphatic carbocycles. The van der Waals surface area contributed by atoms with Crippen LogP contribution in [0.1, 0.15) is 29.3 Å². The Bertz CT molecular complexity index is 724. The molecule has 1 saturated heterocycles. The van der Waals surface area contributed by atoms with E-state index in [-0.39, 0.29) is 17.2 Å². The fourth-order valence-corrected chi connectivity index (χ4v) is 4.25. The van der Waals surface area contributed by atoms with Gasteiger partial charge < -0.3 is 10.2 Å². The Hall–Kier alpha value is -2.34. The van der Waals surface area contributed by atoms with Crippen LogP contribution in [0, 0.1) is 0 Å². The molecule has 0 bridgehead atoms. The number of hydrogen-bond acceptors (Lipinski definition) is 4. The van der Waals surface area contributed by atoms with E-state index in [1.165, 1.54) is 0 Å². The van der Waals surface area contributed by atoms with Gasteiger partial charge in [-0.05, 0) is 36.2 Å². The van der Waals surface area contributed by atoms with Crippen molar-refractivity contribution in [1.82, 2.24) is 15.2 Å². The van der Waals surface area contributed by atoms with Gasteiger partial charge in [0.05, 0.1) is 5.37 Å². The van der Waals surface area contributed by atoms with Crippen LogP contribution in [0.3, 0.4) is 0 Å².